The van der Waals surface area contributed by atoms with E-state index in [0.717, 1.165) is 47.9 Å². The maximum absolute atomic E-state index is 12.6. The number of hydrogen-bond donors (Lipinski definition) is 1. The molecule has 0 bridgehead atoms. The first kappa shape index (κ1) is 25.9. The zero-order chi connectivity index (χ0) is 24.9. The van der Waals surface area contributed by atoms with E-state index in [0.29, 0.717) is 42.9 Å². The maximum Gasteiger partial charge on any atom is 0.306 e. The third-order valence-electron chi connectivity index (χ3n) is 5.86. The minimum Gasteiger partial charge on any atom is -0.458 e. The molecular formula is C27H40N4O3. The largest absolute Gasteiger partial charge is 0.458 e. The highest BCUT2D eigenvalue weighted by molar-refractivity contribution is 6.06. The maximum atomic E-state index is 12.6. The summed E-state index contributed by atoms with van der Waals surface area (Å²) in [6.07, 6.45) is 4.61. The number of ether oxygens (including phenoxy) is 2. The molecule has 186 valence electrons. The van der Waals surface area contributed by atoms with Gasteiger partial charge in [-0.1, -0.05) is 51.8 Å². The molecule has 0 amide bonds. The second-order valence-electron chi connectivity index (χ2n) is 10.8. The fourth-order valence-electron chi connectivity index (χ4n) is 4.25. The number of pyridine rings is 1. The van der Waals surface area contributed by atoms with Crippen molar-refractivity contribution in [2.45, 2.75) is 92.4 Å². The Labute approximate surface area is 203 Å². The van der Waals surface area contributed by atoms with E-state index in [-0.39, 0.29) is 5.97 Å². The molecule has 0 saturated carbocycles. The van der Waals surface area contributed by atoms with Crippen LogP contribution in [0.2, 0.25) is 0 Å². The summed E-state index contributed by atoms with van der Waals surface area (Å²) in [5.41, 5.74) is 8.22. The zero-order valence-electron chi connectivity index (χ0n) is 21.6. The van der Waals surface area contributed by atoms with Crippen molar-refractivity contribution in [3.8, 4) is 0 Å². The molecule has 34 heavy (non-hydrogen) atoms. The fraction of sp³-hybridized carbons (Fsp3) is 0.593. The topological polar surface area (TPSA) is 92.3 Å². The molecule has 1 aromatic carbocycles. The van der Waals surface area contributed by atoms with Crippen LogP contribution in [0.3, 0.4) is 0 Å². The summed E-state index contributed by atoms with van der Waals surface area (Å²) in [7, 11) is 0. The van der Waals surface area contributed by atoms with Gasteiger partial charge in [0.05, 0.1) is 17.6 Å². The molecule has 0 saturated heterocycles. The molecule has 2 aromatic heterocycles. The molecule has 3 aromatic rings. The molecular weight excluding hydrogens is 428 g/mol. The van der Waals surface area contributed by atoms with Gasteiger partial charge in [0.2, 0.25) is 0 Å². The lowest BCUT2D eigenvalue weighted by Crippen LogP contribution is -2.34. The first-order valence-corrected chi connectivity index (χ1v) is 12.3. The van der Waals surface area contributed by atoms with Gasteiger partial charge in [0, 0.05) is 18.4 Å². The van der Waals surface area contributed by atoms with E-state index in [1.54, 1.807) is 0 Å². The third-order valence-corrected chi connectivity index (χ3v) is 5.86. The Morgan fingerprint density at radius 3 is 2.50 bits per heavy atom. The molecule has 0 spiro atoms. The van der Waals surface area contributed by atoms with Crippen LogP contribution in [-0.4, -0.2) is 32.7 Å². The Hall–Kier alpha value is -2.67. The molecule has 0 unspecified atom stereocenters. The van der Waals surface area contributed by atoms with E-state index in [1.807, 2.05) is 45.0 Å². The number of nitrogens with two attached hydrogens (primary N) is 1. The van der Waals surface area contributed by atoms with Gasteiger partial charge in [-0.3, -0.25) is 4.79 Å². The summed E-state index contributed by atoms with van der Waals surface area (Å²) in [6, 6.07) is 7.87. The van der Waals surface area contributed by atoms with Gasteiger partial charge < -0.3 is 19.8 Å². The number of benzene rings is 1. The van der Waals surface area contributed by atoms with Crippen LogP contribution in [0.25, 0.3) is 21.9 Å². The van der Waals surface area contributed by atoms with Crippen molar-refractivity contribution in [1.29, 1.82) is 0 Å². The molecule has 0 aliphatic rings. The van der Waals surface area contributed by atoms with Crippen LogP contribution < -0.4 is 5.73 Å². The lowest BCUT2D eigenvalue weighted by atomic mass is 9.89. The summed E-state index contributed by atoms with van der Waals surface area (Å²) in [4.78, 5) is 21.9. The third kappa shape index (κ3) is 6.69. The number of aromatic nitrogens is 3. The number of para-hydroxylation sites is 1. The first-order valence-electron chi connectivity index (χ1n) is 12.3. The molecule has 7 heteroatoms. The van der Waals surface area contributed by atoms with Gasteiger partial charge in [0.1, 0.15) is 23.5 Å². The van der Waals surface area contributed by atoms with Crippen molar-refractivity contribution in [2.24, 2.45) is 5.41 Å². The van der Waals surface area contributed by atoms with Crippen molar-refractivity contribution >= 4 is 33.7 Å². The van der Waals surface area contributed by atoms with Crippen LogP contribution in [0.15, 0.2) is 24.3 Å². The highest BCUT2D eigenvalue weighted by atomic mass is 16.6. The van der Waals surface area contributed by atoms with Gasteiger partial charge in [0.25, 0.3) is 0 Å². The van der Waals surface area contributed by atoms with Crippen molar-refractivity contribution in [3.63, 3.8) is 0 Å². The predicted molar refractivity (Wildman–Crippen MR) is 137 cm³/mol. The Morgan fingerprint density at radius 1 is 1.06 bits per heavy atom. The summed E-state index contributed by atoms with van der Waals surface area (Å²) >= 11 is 0. The number of carbonyl (C=O) groups is 1. The van der Waals surface area contributed by atoms with Crippen LogP contribution in [-0.2, 0) is 27.4 Å². The van der Waals surface area contributed by atoms with Crippen LogP contribution in [0.4, 0.5) is 5.82 Å². The molecule has 0 atom stereocenters. The lowest BCUT2D eigenvalue weighted by molar-refractivity contribution is -0.157. The highest BCUT2D eigenvalue weighted by Crippen LogP contribution is 2.31. The fourth-order valence-corrected chi connectivity index (χ4v) is 4.25. The number of fused-ring (bicyclic) bond motifs is 3. The molecule has 0 aliphatic heterocycles. The molecule has 0 aliphatic carbocycles. The van der Waals surface area contributed by atoms with Gasteiger partial charge in [-0.15, -0.1) is 0 Å². The van der Waals surface area contributed by atoms with E-state index in [9.17, 15) is 4.79 Å². The van der Waals surface area contributed by atoms with Gasteiger partial charge in [-0.2, -0.15) is 0 Å². The van der Waals surface area contributed by atoms with Crippen LogP contribution >= 0.6 is 0 Å². The number of unbranched alkanes of at least 4 members (excludes halogenated alkanes) is 2. The molecule has 3 rings (SSSR count). The summed E-state index contributed by atoms with van der Waals surface area (Å²) in [5, 5.41) is 0.961. The SMILES string of the molecule is CCOCc1nc2c(N)nc3ccccc3c2n1CC(C)(C)OC(=O)CCCCCC(C)(C)C. The number of hydrogen-bond acceptors (Lipinski definition) is 6. The normalized spacial score (nSPS) is 12.5. The molecule has 2 N–H and O–H groups in total. The number of nitrogen functional groups attached to an aromatic ring is 1. The van der Waals surface area contributed by atoms with E-state index < -0.39 is 5.60 Å². The molecule has 0 radical (unpaired) electrons. The van der Waals surface area contributed by atoms with Crippen molar-refractivity contribution in [3.05, 3.63) is 30.1 Å². The van der Waals surface area contributed by atoms with E-state index in [2.05, 4.69) is 30.3 Å². The monoisotopic (exact) mass is 468 g/mol. The van der Waals surface area contributed by atoms with Crippen molar-refractivity contribution in [1.82, 2.24) is 14.5 Å². The van der Waals surface area contributed by atoms with Crippen LogP contribution in [0, 0.1) is 5.41 Å². The van der Waals surface area contributed by atoms with Gasteiger partial charge >= 0.3 is 5.97 Å². The molecule has 2 heterocycles. The number of esters is 1. The number of carbonyl (C=O) groups excluding carboxylic acids is 1. The minimum absolute atomic E-state index is 0.164. The van der Waals surface area contributed by atoms with Gasteiger partial charge in [-0.05, 0) is 45.1 Å². The van der Waals surface area contributed by atoms with E-state index in [1.165, 1.54) is 0 Å². The quantitative estimate of drug-likeness (QED) is 0.273. The lowest BCUT2D eigenvalue weighted by Gasteiger charge is -2.27. The average Bonchev–Trinajstić information content (AvgIpc) is 3.09. The van der Waals surface area contributed by atoms with Gasteiger partial charge in [0.15, 0.2) is 5.82 Å². The van der Waals surface area contributed by atoms with E-state index in [4.69, 9.17) is 20.2 Å². The highest BCUT2D eigenvalue weighted by Gasteiger charge is 2.27. The Morgan fingerprint density at radius 2 is 1.79 bits per heavy atom. The first-order chi connectivity index (χ1) is 16.0. The Balaban J connectivity index is 1.79. The second-order valence-corrected chi connectivity index (χ2v) is 10.8. The van der Waals surface area contributed by atoms with Crippen LogP contribution in [0.5, 0.6) is 0 Å². The van der Waals surface area contributed by atoms with Crippen molar-refractivity contribution < 1.29 is 14.3 Å². The number of nitrogens with zero attached hydrogens (tertiary/aromatic N) is 3. The van der Waals surface area contributed by atoms with Crippen LogP contribution in [0.1, 0.15) is 79.5 Å². The minimum atomic E-state index is -0.726. The number of imidazole rings is 1. The Bertz CT molecular complexity index is 1130. The number of anilines is 1. The predicted octanol–water partition coefficient (Wildman–Crippen LogP) is 6.02. The second kappa shape index (κ2) is 10.7. The standard InChI is InChI=1S/C27H40N4O3/c1-7-33-17-21-30-23-24(19-13-10-11-14-20(19)29-25(23)28)31(21)18-27(5,6)34-22(32)15-9-8-12-16-26(2,3)4/h10-11,13-14H,7-9,12,15-18H2,1-6H3,(H2,28,29). The smallest absolute Gasteiger partial charge is 0.306 e. The molecule has 0 fully saturated rings. The van der Waals surface area contributed by atoms with Gasteiger partial charge in [-0.25, -0.2) is 9.97 Å². The van der Waals surface area contributed by atoms with Crippen molar-refractivity contribution in [2.75, 3.05) is 12.3 Å². The summed E-state index contributed by atoms with van der Waals surface area (Å²) < 4.78 is 13.7. The number of rotatable bonds is 11. The zero-order valence-corrected chi connectivity index (χ0v) is 21.6. The molecule has 7 nitrogen and oxygen atoms in total. The van der Waals surface area contributed by atoms with E-state index >= 15 is 0 Å². The summed E-state index contributed by atoms with van der Waals surface area (Å²) in [5.74, 6) is 0.964. The summed E-state index contributed by atoms with van der Waals surface area (Å²) in [6.45, 7) is 13.9. The average molecular weight is 469 g/mol. The Kier molecular flexibility index (Phi) is 8.18.